The number of carbonyl (C=O) groups excluding carboxylic acids is 2. The normalized spacial score (nSPS) is 33.4. The molecule has 2 aliphatic rings. The summed E-state index contributed by atoms with van der Waals surface area (Å²) in [5, 5.41) is 2.90. The molecule has 0 aromatic carbocycles. The maximum atomic E-state index is 12.7. The molecule has 0 spiro atoms. The summed E-state index contributed by atoms with van der Waals surface area (Å²) in [6, 6.07) is -0.318. The number of hydrogen-bond donors (Lipinski definition) is 1. The van der Waals surface area contributed by atoms with E-state index in [1.165, 1.54) is 0 Å². The SMILES string of the molecule is CCC1C(=O)NC(C)(CC)C(=O)N1CCCC1CCCO1. The van der Waals surface area contributed by atoms with Crippen LogP contribution in [-0.4, -0.2) is 47.6 Å². The van der Waals surface area contributed by atoms with Crippen molar-refractivity contribution < 1.29 is 14.3 Å². The van der Waals surface area contributed by atoms with E-state index in [4.69, 9.17) is 4.74 Å². The Hall–Kier alpha value is -1.10. The fourth-order valence-electron chi connectivity index (χ4n) is 3.27. The predicted molar refractivity (Wildman–Crippen MR) is 80.8 cm³/mol. The second kappa shape index (κ2) is 6.77. The zero-order valence-corrected chi connectivity index (χ0v) is 13.5. The van der Waals surface area contributed by atoms with Crippen molar-refractivity contribution in [1.29, 1.82) is 0 Å². The Bertz CT molecular complexity index is 393. The Balaban J connectivity index is 1.98. The van der Waals surface area contributed by atoms with Crippen molar-refractivity contribution in [2.24, 2.45) is 0 Å². The van der Waals surface area contributed by atoms with Crippen LogP contribution in [0.2, 0.25) is 0 Å². The fourth-order valence-corrected chi connectivity index (χ4v) is 3.27. The van der Waals surface area contributed by atoms with Gasteiger partial charge >= 0.3 is 0 Å². The Kier molecular flexibility index (Phi) is 5.25. The summed E-state index contributed by atoms with van der Waals surface area (Å²) in [5.74, 6) is 0.0438. The molecular weight excluding hydrogens is 268 g/mol. The third kappa shape index (κ3) is 3.39. The number of nitrogens with one attached hydrogen (secondary N) is 1. The van der Waals surface area contributed by atoms with Gasteiger partial charge in [0.05, 0.1) is 6.10 Å². The van der Waals surface area contributed by atoms with E-state index in [1.54, 1.807) is 4.90 Å². The molecule has 1 N–H and O–H groups in total. The molecule has 5 heteroatoms. The van der Waals surface area contributed by atoms with E-state index in [1.807, 2.05) is 20.8 Å². The number of nitrogens with zero attached hydrogens (tertiary/aromatic N) is 1. The van der Waals surface area contributed by atoms with Crippen LogP contribution >= 0.6 is 0 Å². The van der Waals surface area contributed by atoms with E-state index in [0.717, 1.165) is 32.3 Å². The molecule has 2 fully saturated rings. The molecule has 3 atom stereocenters. The quantitative estimate of drug-likeness (QED) is 0.814. The van der Waals surface area contributed by atoms with Gasteiger partial charge in [0.25, 0.3) is 0 Å². The lowest BCUT2D eigenvalue weighted by Crippen LogP contribution is -2.69. The van der Waals surface area contributed by atoms with E-state index >= 15 is 0 Å². The van der Waals surface area contributed by atoms with Crippen molar-refractivity contribution in [2.75, 3.05) is 13.2 Å². The second-order valence-corrected chi connectivity index (χ2v) is 6.37. The molecule has 0 bridgehead atoms. The highest BCUT2D eigenvalue weighted by Gasteiger charge is 2.45. The number of carbonyl (C=O) groups is 2. The van der Waals surface area contributed by atoms with Crippen LogP contribution in [0.4, 0.5) is 0 Å². The van der Waals surface area contributed by atoms with Gasteiger partial charge in [-0.15, -0.1) is 0 Å². The number of ether oxygens (including phenoxy) is 1. The molecule has 0 radical (unpaired) electrons. The number of piperazine rings is 1. The summed E-state index contributed by atoms with van der Waals surface area (Å²) in [5.41, 5.74) is -0.743. The van der Waals surface area contributed by atoms with Gasteiger partial charge < -0.3 is 15.0 Å². The van der Waals surface area contributed by atoms with Gasteiger partial charge in [0.2, 0.25) is 11.8 Å². The molecule has 2 saturated heterocycles. The van der Waals surface area contributed by atoms with Crippen molar-refractivity contribution in [2.45, 2.75) is 77.0 Å². The average molecular weight is 296 g/mol. The largest absolute Gasteiger partial charge is 0.378 e. The topological polar surface area (TPSA) is 58.6 Å². The Labute approximate surface area is 127 Å². The van der Waals surface area contributed by atoms with Gasteiger partial charge in [0, 0.05) is 13.2 Å². The molecule has 5 nitrogen and oxygen atoms in total. The Morgan fingerprint density at radius 3 is 2.71 bits per heavy atom. The lowest BCUT2D eigenvalue weighted by Gasteiger charge is -2.44. The van der Waals surface area contributed by atoms with Gasteiger partial charge in [-0.1, -0.05) is 13.8 Å². The number of amides is 2. The van der Waals surface area contributed by atoms with Crippen LogP contribution in [0.25, 0.3) is 0 Å². The van der Waals surface area contributed by atoms with Crippen molar-refractivity contribution in [3.05, 3.63) is 0 Å². The smallest absolute Gasteiger partial charge is 0.248 e. The van der Waals surface area contributed by atoms with Crippen LogP contribution in [0.1, 0.15) is 59.3 Å². The summed E-state index contributed by atoms with van der Waals surface area (Å²) in [6.45, 7) is 7.24. The minimum Gasteiger partial charge on any atom is -0.378 e. The first-order valence-electron chi connectivity index (χ1n) is 8.26. The summed E-state index contributed by atoms with van der Waals surface area (Å²) in [4.78, 5) is 26.7. The number of rotatable bonds is 6. The van der Waals surface area contributed by atoms with Gasteiger partial charge in [-0.25, -0.2) is 0 Å². The molecule has 0 saturated carbocycles. The van der Waals surface area contributed by atoms with Crippen LogP contribution < -0.4 is 5.32 Å². The maximum absolute atomic E-state index is 12.7. The van der Waals surface area contributed by atoms with Gasteiger partial charge in [0.1, 0.15) is 11.6 Å². The highest BCUT2D eigenvalue weighted by Crippen LogP contribution is 2.24. The third-order valence-electron chi connectivity index (χ3n) is 4.85. The van der Waals surface area contributed by atoms with Crippen LogP contribution in [-0.2, 0) is 14.3 Å². The average Bonchev–Trinajstić information content (AvgIpc) is 2.97. The lowest BCUT2D eigenvalue weighted by molar-refractivity contribution is -0.154. The summed E-state index contributed by atoms with van der Waals surface area (Å²) >= 11 is 0. The van der Waals surface area contributed by atoms with Gasteiger partial charge in [-0.2, -0.15) is 0 Å². The molecule has 0 aromatic rings. The molecule has 0 aromatic heterocycles. The van der Waals surface area contributed by atoms with E-state index in [2.05, 4.69) is 5.32 Å². The Morgan fingerprint density at radius 2 is 2.14 bits per heavy atom. The second-order valence-electron chi connectivity index (χ2n) is 6.37. The molecule has 2 rings (SSSR count). The van der Waals surface area contributed by atoms with Crippen LogP contribution in [0.3, 0.4) is 0 Å². The first-order chi connectivity index (χ1) is 10.0. The highest BCUT2D eigenvalue weighted by atomic mass is 16.5. The van der Waals surface area contributed by atoms with Crippen LogP contribution in [0.15, 0.2) is 0 Å². The van der Waals surface area contributed by atoms with Gasteiger partial charge in [-0.05, 0) is 45.4 Å². The summed E-state index contributed by atoms with van der Waals surface area (Å²) in [7, 11) is 0. The van der Waals surface area contributed by atoms with Crippen molar-refractivity contribution >= 4 is 11.8 Å². The zero-order valence-electron chi connectivity index (χ0n) is 13.5. The van der Waals surface area contributed by atoms with E-state index in [9.17, 15) is 9.59 Å². The first kappa shape index (κ1) is 16.3. The molecular formula is C16H28N2O3. The molecule has 2 heterocycles. The summed E-state index contributed by atoms with van der Waals surface area (Å²) in [6.07, 6.45) is 5.77. The minimum absolute atomic E-state index is 0.0152. The van der Waals surface area contributed by atoms with Gasteiger partial charge in [0.15, 0.2) is 0 Å². The lowest BCUT2D eigenvalue weighted by atomic mass is 9.91. The molecule has 2 aliphatic heterocycles. The molecule has 3 unspecified atom stereocenters. The maximum Gasteiger partial charge on any atom is 0.248 e. The van der Waals surface area contributed by atoms with E-state index in [0.29, 0.717) is 25.5 Å². The Morgan fingerprint density at radius 1 is 1.38 bits per heavy atom. The van der Waals surface area contributed by atoms with Crippen molar-refractivity contribution in [3.8, 4) is 0 Å². The van der Waals surface area contributed by atoms with Crippen molar-refractivity contribution in [3.63, 3.8) is 0 Å². The van der Waals surface area contributed by atoms with Crippen LogP contribution in [0, 0.1) is 0 Å². The van der Waals surface area contributed by atoms with Gasteiger partial charge in [-0.3, -0.25) is 9.59 Å². The van der Waals surface area contributed by atoms with E-state index < -0.39 is 5.54 Å². The fraction of sp³-hybridized carbons (Fsp3) is 0.875. The molecule has 21 heavy (non-hydrogen) atoms. The highest BCUT2D eigenvalue weighted by molar-refractivity contribution is 5.99. The monoisotopic (exact) mass is 296 g/mol. The van der Waals surface area contributed by atoms with Crippen molar-refractivity contribution in [1.82, 2.24) is 10.2 Å². The minimum atomic E-state index is -0.743. The third-order valence-corrected chi connectivity index (χ3v) is 4.85. The first-order valence-corrected chi connectivity index (χ1v) is 8.26. The predicted octanol–water partition coefficient (Wildman–Crippen LogP) is 1.85. The molecule has 120 valence electrons. The standard InChI is InChI=1S/C16H28N2O3/c1-4-13-14(19)17-16(3,5-2)15(20)18(13)10-6-8-12-9-7-11-21-12/h12-13H,4-11H2,1-3H3,(H,17,19). The molecule has 0 aliphatic carbocycles. The van der Waals surface area contributed by atoms with E-state index in [-0.39, 0.29) is 17.9 Å². The summed E-state index contributed by atoms with van der Waals surface area (Å²) < 4.78 is 5.62. The van der Waals surface area contributed by atoms with Crippen LogP contribution in [0.5, 0.6) is 0 Å². The number of hydrogen-bond acceptors (Lipinski definition) is 3. The zero-order chi connectivity index (χ0) is 15.5. The molecule has 2 amide bonds.